The van der Waals surface area contributed by atoms with E-state index in [0.29, 0.717) is 24.9 Å². The van der Waals surface area contributed by atoms with Gasteiger partial charge in [-0.3, -0.25) is 9.59 Å². The Kier molecular flexibility index (Phi) is 11.7. The van der Waals surface area contributed by atoms with Crippen LogP contribution >= 0.6 is 0 Å². The van der Waals surface area contributed by atoms with E-state index in [1.807, 2.05) is 65.8 Å². The molecule has 1 aromatic carbocycles. The largest absolute Gasteiger partial charge is 0.444 e. The minimum absolute atomic E-state index is 0.132. The molecule has 0 fully saturated rings. The molecule has 2 atom stereocenters. The molecule has 2 N–H and O–H groups in total. The van der Waals surface area contributed by atoms with Crippen LogP contribution in [0.3, 0.4) is 0 Å². The second-order valence-corrected chi connectivity index (χ2v) is 11.7. The second kappa shape index (κ2) is 13.5. The van der Waals surface area contributed by atoms with E-state index >= 15 is 0 Å². The summed E-state index contributed by atoms with van der Waals surface area (Å²) in [7, 11) is 0. The number of carbonyl (C=O) groups is 3. The van der Waals surface area contributed by atoms with Crippen molar-refractivity contribution in [1.82, 2.24) is 15.5 Å². The van der Waals surface area contributed by atoms with Gasteiger partial charge in [-0.1, -0.05) is 58.0 Å². The van der Waals surface area contributed by atoms with Crippen molar-refractivity contribution in [3.8, 4) is 0 Å². The lowest BCUT2D eigenvalue weighted by molar-refractivity contribution is -0.143. The Balaban J connectivity index is 3.55. The number of rotatable bonds is 11. The van der Waals surface area contributed by atoms with Gasteiger partial charge in [0.15, 0.2) is 0 Å². The molecule has 2 unspecified atom stereocenters. The monoisotopic (exact) mass is 501 g/mol. The Bertz CT molecular complexity index is 897. The first kappa shape index (κ1) is 31.2. The highest BCUT2D eigenvalue weighted by Crippen LogP contribution is 2.26. The third-order valence-electron chi connectivity index (χ3n) is 5.25. The zero-order valence-corrected chi connectivity index (χ0v) is 23.7. The van der Waals surface area contributed by atoms with Crippen LogP contribution in [0.5, 0.6) is 0 Å². The summed E-state index contributed by atoms with van der Waals surface area (Å²) in [6.07, 6.45) is 3.04. The van der Waals surface area contributed by atoms with Crippen LogP contribution in [0.4, 0.5) is 4.79 Å². The average molecular weight is 502 g/mol. The fourth-order valence-corrected chi connectivity index (χ4v) is 3.80. The molecule has 0 heterocycles. The standard InChI is InChI=1S/C29H47N3O4/c1-11-13-17-32(26(34)23(18-20(3)4)30-27(35)36-29(8,9)10)24(25(33)31-28(5,6)7)22-16-14-15-21(12-2)19-22/h12,14-16,19-20,23-24H,2,11,13,17-18H2,1,3-10H3,(H,30,35)(H,31,33). The molecule has 1 rings (SSSR count). The number of nitrogens with one attached hydrogen (secondary N) is 2. The van der Waals surface area contributed by atoms with E-state index in [0.717, 1.165) is 12.0 Å². The zero-order chi connectivity index (χ0) is 27.7. The summed E-state index contributed by atoms with van der Waals surface area (Å²) in [4.78, 5) is 42.0. The van der Waals surface area contributed by atoms with Crippen LogP contribution < -0.4 is 10.6 Å². The molecule has 0 aromatic heterocycles. The van der Waals surface area contributed by atoms with E-state index in [9.17, 15) is 14.4 Å². The molecular formula is C29H47N3O4. The summed E-state index contributed by atoms with van der Waals surface area (Å²) in [6.45, 7) is 21.3. The minimum Gasteiger partial charge on any atom is -0.444 e. The van der Waals surface area contributed by atoms with Crippen LogP contribution in [-0.2, 0) is 14.3 Å². The van der Waals surface area contributed by atoms with E-state index in [4.69, 9.17) is 4.74 Å². The Morgan fingerprint density at radius 1 is 1.11 bits per heavy atom. The van der Waals surface area contributed by atoms with Gasteiger partial charge in [0.25, 0.3) is 0 Å². The molecular weight excluding hydrogens is 454 g/mol. The topological polar surface area (TPSA) is 87.7 Å². The molecule has 202 valence electrons. The van der Waals surface area contributed by atoms with E-state index < -0.39 is 29.3 Å². The second-order valence-electron chi connectivity index (χ2n) is 11.7. The van der Waals surface area contributed by atoms with Crippen molar-refractivity contribution in [1.29, 1.82) is 0 Å². The maximum absolute atomic E-state index is 14.1. The van der Waals surface area contributed by atoms with Crippen LogP contribution in [0.15, 0.2) is 30.8 Å². The first-order valence-corrected chi connectivity index (χ1v) is 12.9. The van der Waals surface area contributed by atoms with Gasteiger partial charge in [0.05, 0.1) is 0 Å². The van der Waals surface area contributed by atoms with Crippen molar-refractivity contribution in [2.45, 2.75) is 105 Å². The number of unbranched alkanes of at least 4 members (excludes halogenated alkanes) is 1. The lowest BCUT2D eigenvalue weighted by Gasteiger charge is -2.36. The number of benzene rings is 1. The molecule has 7 nitrogen and oxygen atoms in total. The van der Waals surface area contributed by atoms with Crippen molar-refractivity contribution in [3.63, 3.8) is 0 Å². The molecule has 0 aliphatic heterocycles. The maximum atomic E-state index is 14.1. The van der Waals surface area contributed by atoms with Gasteiger partial charge in [0, 0.05) is 12.1 Å². The van der Waals surface area contributed by atoms with Crippen molar-refractivity contribution in [3.05, 3.63) is 42.0 Å². The highest BCUT2D eigenvalue weighted by molar-refractivity contribution is 5.92. The number of hydrogen-bond acceptors (Lipinski definition) is 4. The van der Waals surface area contributed by atoms with E-state index in [-0.39, 0.29) is 17.7 Å². The summed E-state index contributed by atoms with van der Waals surface area (Å²) in [5, 5.41) is 5.83. The van der Waals surface area contributed by atoms with Gasteiger partial charge in [0.2, 0.25) is 11.8 Å². The highest BCUT2D eigenvalue weighted by Gasteiger charge is 2.37. The molecule has 0 aliphatic rings. The summed E-state index contributed by atoms with van der Waals surface area (Å²) in [5.41, 5.74) is 0.364. The number of nitrogens with zero attached hydrogens (tertiary/aromatic N) is 1. The normalized spacial score (nSPS) is 13.5. The summed E-state index contributed by atoms with van der Waals surface area (Å²) < 4.78 is 5.44. The van der Waals surface area contributed by atoms with Gasteiger partial charge < -0.3 is 20.3 Å². The number of ether oxygens (including phenoxy) is 1. The van der Waals surface area contributed by atoms with Crippen LogP contribution in [0.1, 0.15) is 98.7 Å². The fraction of sp³-hybridized carbons (Fsp3) is 0.621. The molecule has 0 spiro atoms. The van der Waals surface area contributed by atoms with Gasteiger partial charge >= 0.3 is 6.09 Å². The third-order valence-corrected chi connectivity index (χ3v) is 5.25. The zero-order valence-electron chi connectivity index (χ0n) is 23.7. The van der Waals surface area contributed by atoms with Crippen molar-refractivity contribution < 1.29 is 19.1 Å². The van der Waals surface area contributed by atoms with Crippen molar-refractivity contribution >= 4 is 24.0 Å². The molecule has 1 aromatic rings. The molecule has 0 saturated carbocycles. The first-order valence-electron chi connectivity index (χ1n) is 12.9. The van der Waals surface area contributed by atoms with Gasteiger partial charge in [-0.15, -0.1) is 0 Å². The quantitative estimate of drug-likeness (QED) is 0.398. The van der Waals surface area contributed by atoms with E-state index in [2.05, 4.69) is 17.2 Å². The van der Waals surface area contributed by atoms with Gasteiger partial charge in [-0.25, -0.2) is 4.79 Å². The van der Waals surface area contributed by atoms with Gasteiger partial charge in [-0.2, -0.15) is 0 Å². The average Bonchev–Trinajstić information content (AvgIpc) is 2.72. The summed E-state index contributed by atoms with van der Waals surface area (Å²) in [5.74, 6) is -0.442. The van der Waals surface area contributed by atoms with Gasteiger partial charge in [-0.05, 0) is 77.5 Å². The van der Waals surface area contributed by atoms with Crippen molar-refractivity contribution in [2.75, 3.05) is 6.54 Å². The number of carbonyl (C=O) groups excluding carboxylic acids is 3. The van der Waals surface area contributed by atoms with Crippen LogP contribution in [0.2, 0.25) is 0 Å². The minimum atomic E-state index is -0.863. The molecule has 36 heavy (non-hydrogen) atoms. The molecule has 3 amide bonds. The van der Waals surface area contributed by atoms with Crippen LogP contribution in [0, 0.1) is 5.92 Å². The van der Waals surface area contributed by atoms with E-state index in [1.165, 1.54) is 0 Å². The SMILES string of the molecule is C=Cc1cccc(C(C(=O)NC(C)(C)C)N(CCCC)C(=O)C(CC(C)C)NC(=O)OC(C)(C)C)c1. The summed E-state index contributed by atoms with van der Waals surface area (Å²) in [6, 6.07) is 5.80. The van der Waals surface area contributed by atoms with Crippen LogP contribution in [0.25, 0.3) is 6.08 Å². The number of alkyl carbamates (subject to hydrolysis) is 1. The predicted molar refractivity (Wildman–Crippen MR) is 146 cm³/mol. The Morgan fingerprint density at radius 2 is 1.75 bits per heavy atom. The van der Waals surface area contributed by atoms with Crippen LogP contribution in [-0.4, -0.2) is 46.5 Å². The Morgan fingerprint density at radius 3 is 2.25 bits per heavy atom. The summed E-state index contributed by atoms with van der Waals surface area (Å²) >= 11 is 0. The lowest BCUT2D eigenvalue weighted by atomic mass is 9.97. The Hall–Kier alpha value is -2.83. The maximum Gasteiger partial charge on any atom is 0.408 e. The van der Waals surface area contributed by atoms with Gasteiger partial charge in [0.1, 0.15) is 17.7 Å². The highest BCUT2D eigenvalue weighted by atomic mass is 16.6. The molecule has 0 radical (unpaired) electrons. The fourth-order valence-electron chi connectivity index (χ4n) is 3.80. The first-order chi connectivity index (χ1) is 16.6. The third kappa shape index (κ3) is 10.8. The molecule has 0 bridgehead atoms. The Labute approximate surface area is 218 Å². The number of hydrogen-bond donors (Lipinski definition) is 2. The molecule has 0 aliphatic carbocycles. The van der Waals surface area contributed by atoms with Crippen molar-refractivity contribution in [2.24, 2.45) is 5.92 Å². The smallest absolute Gasteiger partial charge is 0.408 e. The molecule has 0 saturated heterocycles. The number of amides is 3. The molecule has 7 heteroatoms. The van der Waals surface area contributed by atoms with E-state index in [1.54, 1.807) is 31.7 Å². The predicted octanol–water partition coefficient (Wildman–Crippen LogP) is 5.85. The lowest BCUT2D eigenvalue weighted by Crippen LogP contribution is -2.55.